The zero-order valence-corrected chi connectivity index (χ0v) is 17.6. The Morgan fingerprint density at radius 3 is 2.06 bits per heavy atom. The minimum Gasteiger partial charge on any atom is -0.494 e. The van der Waals surface area contributed by atoms with E-state index in [0.717, 1.165) is 28.0 Å². The summed E-state index contributed by atoms with van der Waals surface area (Å²) in [6.07, 6.45) is 0.267. The number of hydrogen-bond acceptors (Lipinski definition) is 4. The minimum absolute atomic E-state index is 0.292. The van der Waals surface area contributed by atoms with E-state index in [-0.39, 0.29) is 0 Å². The van der Waals surface area contributed by atoms with Crippen LogP contribution in [0.3, 0.4) is 0 Å². The van der Waals surface area contributed by atoms with Gasteiger partial charge in [-0.05, 0) is 42.5 Å². The van der Waals surface area contributed by atoms with Crippen LogP contribution in [0.2, 0.25) is 0 Å². The van der Waals surface area contributed by atoms with Crippen LogP contribution < -0.4 is 10.1 Å². The van der Waals surface area contributed by atoms with Gasteiger partial charge in [0.25, 0.3) is 0 Å². The molecule has 164 valence electrons. The van der Waals surface area contributed by atoms with Gasteiger partial charge >= 0.3 is 12.1 Å². The summed E-state index contributed by atoms with van der Waals surface area (Å²) in [4.78, 5) is 24.2. The van der Waals surface area contributed by atoms with Crippen molar-refractivity contribution in [1.82, 2.24) is 5.32 Å². The van der Waals surface area contributed by atoms with Crippen molar-refractivity contribution in [2.24, 2.45) is 0 Å². The molecule has 4 rings (SSSR count). The lowest BCUT2D eigenvalue weighted by Gasteiger charge is -2.19. The van der Waals surface area contributed by atoms with Gasteiger partial charge in [0.2, 0.25) is 0 Å². The highest BCUT2D eigenvalue weighted by molar-refractivity contribution is 5.82. The molecule has 0 bridgehead atoms. The summed E-state index contributed by atoms with van der Waals surface area (Å²) in [5.74, 6) is -0.306. The van der Waals surface area contributed by atoms with Crippen molar-refractivity contribution >= 4 is 12.1 Å². The number of benzene rings is 3. The van der Waals surface area contributed by atoms with Crippen LogP contribution in [-0.2, 0) is 9.53 Å². The number of alkyl carbamates (subject to hydrolysis) is 1. The van der Waals surface area contributed by atoms with Crippen LogP contribution in [0.15, 0.2) is 78.9 Å². The van der Waals surface area contributed by atoms with Crippen LogP contribution in [0.1, 0.15) is 36.5 Å². The number of amides is 1. The maximum Gasteiger partial charge on any atom is 0.408 e. The van der Waals surface area contributed by atoms with E-state index in [1.165, 1.54) is 0 Å². The van der Waals surface area contributed by atoms with Gasteiger partial charge in [0.05, 0.1) is 6.61 Å². The molecule has 0 spiro atoms. The second-order valence-corrected chi connectivity index (χ2v) is 7.65. The highest BCUT2D eigenvalue weighted by Gasteiger charge is 2.32. The number of carboxylic acid groups (broad SMARTS) is 1. The second kappa shape index (κ2) is 10.0. The van der Waals surface area contributed by atoms with Crippen LogP contribution in [0, 0.1) is 0 Å². The Balaban J connectivity index is 1.31. The number of nitrogens with one attached hydrogen (secondary N) is 1. The molecule has 2 N–H and O–H groups in total. The fourth-order valence-electron chi connectivity index (χ4n) is 3.93. The lowest BCUT2D eigenvalue weighted by molar-refractivity contribution is -0.139. The first-order chi connectivity index (χ1) is 15.6. The smallest absolute Gasteiger partial charge is 0.408 e. The van der Waals surface area contributed by atoms with Gasteiger partial charge in [0, 0.05) is 11.1 Å². The lowest BCUT2D eigenvalue weighted by Crippen LogP contribution is -2.41. The molecular formula is C26H25NO5. The normalized spacial score (nSPS) is 13.0. The summed E-state index contributed by atoms with van der Waals surface area (Å²) >= 11 is 0. The molecule has 0 aromatic heterocycles. The van der Waals surface area contributed by atoms with Crippen molar-refractivity contribution in [2.45, 2.75) is 31.4 Å². The van der Waals surface area contributed by atoms with E-state index in [9.17, 15) is 14.7 Å². The number of rotatable bonds is 9. The topological polar surface area (TPSA) is 84.9 Å². The zero-order chi connectivity index (χ0) is 22.3. The van der Waals surface area contributed by atoms with Gasteiger partial charge in [0.1, 0.15) is 11.8 Å². The lowest BCUT2D eigenvalue weighted by atomic mass is 10.1. The van der Waals surface area contributed by atoms with Crippen LogP contribution in [0.25, 0.3) is 11.1 Å². The second-order valence-electron chi connectivity index (χ2n) is 7.65. The SMILES string of the molecule is O=C(NC(CCCCOc1ccccc1)C(=O)O)OC1c2ccccc2-c2ccccc21. The molecule has 32 heavy (non-hydrogen) atoms. The Kier molecular flexibility index (Phi) is 6.70. The molecule has 0 fully saturated rings. The molecule has 0 radical (unpaired) electrons. The summed E-state index contributed by atoms with van der Waals surface area (Å²) < 4.78 is 11.3. The molecule has 3 aromatic rings. The van der Waals surface area contributed by atoms with Crippen LogP contribution in [-0.4, -0.2) is 29.8 Å². The van der Waals surface area contributed by atoms with E-state index in [2.05, 4.69) is 5.32 Å². The Hall–Kier alpha value is -3.80. The number of carbonyl (C=O) groups is 2. The van der Waals surface area contributed by atoms with E-state index >= 15 is 0 Å². The highest BCUT2D eigenvalue weighted by atomic mass is 16.6. The molecule has 3 aromatic carbocycles. The number of fused-ring (bicyclic) bond motifs is 3. The maximum absolute atomic E-state index is 12.6. The summed E-state index contributed by atoms with van der Waals surface area (Å²) in [6.45, 7) is 0.483. The number of ether oxygens (including phenoxy) is 2. The molecule has 1 aliphatic rings. The number of hydrogen-bond donors (Lipinski definition) is 2. The number of carboxylic acids is 1. The Morgan fingerprint density at radius 1 is 0.844 bits per heavy atom. The van der Waals surface area contributed by atoms with E-state index < -0.39 is 24.2 Å². The third-order valence-electron chi connectivity index (χ3n) is 5.49. The maximum atomic E-state index is 12.6. The predicted molar refractivity (Wildman–Crippen MR) is 121 cm³/mol. The fourth-order valence-corrected chi connectivity index (χ4v) is 3.93. The third-order valence-corrected chi connectivity index (χ3v) is 5.49. The number of unbranched alkanes of at least 4 members (excludes halogenated alkanes) is 1. The first kappa shape index (κ1) is 21.4. The fraction of sp³-hybridized carbons (Fsp3) is 0.231. The Bertz CT molecular complexity index is 1040. The van der Waals surface area contributed by atoms with E-state index in [1.807, 2.05) is 78.9 Å². The van der Waals surface area contributed by atoms with Gasteiger partial charge < -0.3 is 19.9 Å². The monoisotopic (exact) mass is 431 g/mol. The summed E-state index contributed by atoms with van der Waals surface area (Å²) in [5, 5.41) is 12.0. The molecule has 1 unspecified atom stereocenters. The van der Waals surface area contributed by atoms with Gasteiger partial charge in [-0.25, -0.2) is 9.59 Å². The molecule has 0 saturated carbocycles. The van der Waals surface area contributed by atoms with E-state index in [1.54, 1.807) is 0 Å². The van der Waals surface area contributed by atoms with Crippen molar-refractivity contribution in [2.75, 3.05) is 6.61 Å². The molecule has 1 amide bonds. The number of para-hydroxylation sites is 1. The Labute approximate surface area is 186 Å². The molecular weight excluding hydrogens is 406 g/mol. The average Bonchev–Trinajstić information content (AvgIpc) is 3.12. The molecule has 0 heterocycles. The first-order valence-electron chi connectivity index (χ1n) is 10.7. The van der Waals surface area contributed by atoms with Gasteiger partial charge in [-0.2, -0.15) is 0 Å². The van der Waals surface area contributed by atoms with Crippen molar-refractivity contribution in [3.63, 3.8) is 0 Å². The zero-order valence-electron chi connectivity index (χ0n) is 17.6. The highest BCUT2D eigenvalue weighted by Crippen LogP contribution is 2.45. The average molecular weight is 431 g/mol. The largest absolute Gasteiger partial charge is 0.494 e. The molecule has 1 atom stereocenters. The van der Waals surface area contributed by atoms with Gasteiger partial charge in [-0.1, -0.05) is 66.7 Å². The van der Waals surface area contributed by atoms with Crippen LogP contribution in [0.5, 0.6) is 5.75 Å². The quantitative estimate of drug-likeness (QED) is 0.456. The molecule has 1 aliphatic carbocycles. The van der Waals surface area contributed by atoms with Crippen molar-refractivity contribution < 1.29 is 24.2 Å². The van der Waals surface area contributed by atoms with Gasteiger partial charge in [0.15, 0.2) is 6.10 Å². The van der Waals surface area contributed by atoms with Crippen molar-refractivity contribution in [1.29, 1.82) is 0 Å². The third kappa shape index (κ3) is 4.91. The predicted octanol–water partition coefficient (Wildman–Crippen LogP) is 5.19. The number of aliphatic carboxylic acids is 1. The van der Waals surface area contributed by atoms with Crippen molar-refractivity contribution in [3.8, 4) is 16.9 Å². The van der Waals surface area contributed by atoms with E-state index in [0.29, 0.717) is 25.9 Å². The molecule has 6 heteroatoms. The minimum atomic E-state index is -1.09. The molecule has 6 nitrogen and oxygen atoms in total. The first-order valence-corrected chi connectivity index (χ1v) is 10.7. The van der Waals surface area contributed by atoms with Crippen LogP contribution in [0.4, 0.5) is 4.79 Å². The summed E-state index contributed by atoms with van der Waals surface area (Å²) in [7, 11) is 0. The standard InChI is InChI=1S/C26H25NO5/c28-25(29)23(16-8-9-17-31-18-10-2-1-3-11-18)27-26(30)32-24-21-14-6-4-12-19(21)20-13-5-7-15-22(20)24/h1-7,10-15,23-24H,8-9,16-17H2,(H,27,30)(H,28,29). The van der Waals surface area contributed by atoms with E-state index in [4.69, 9.17) is 9.47 Å². The van der Waals surface area contributed by atoms with Gasteiger partial charge in [-0.15, -0.1) is 0 Å². The van der Waals surface area contributed by atoms with Crippen molar-refractivity contribution in [3.05, 3.63) is 90.0 Å². The van der Waals surface area contributed by atoms with Gasteiger partial charge in [-0.3, -0.25) is 0 Å². The number of carbonyl (C=O) groups excluding carboxylic acids is 1. The van der Waals surface area contributed by atoms with Crippen LogP contribution >= 0.6 is 0 Å². The summed E-state index contributed by atoms with van der Waals surface area (Å²) in [5.41, 5.74) is 3.84. The molecule has 0 saturated heterocycles. The molecule has 0 aliphatic heterocycles. The summed E-state index contributed by atoms with van der Waals surface area (Å²) in [6, 6.07) is 24.0. The Morgan fingerprint density at radius 2 is 1.44 bits per heavy atom.